The first-order valence-electron chi connectivity index (χ1n) is 12.3. The second-order valence-electron chi connectivity index (χ2n) is 9.70. The lowest BCUT2D eigenvalue weighted by atomic mass is 9.97. The minimum absolute atomic E-state index is 0.0810. The van der Waals surface area contributed by atoms with Gasteiger partial charge in [-0.25, -0.2) is 4.79 Å². The van der Waals surface area contributed by atoms with Crippen LogP contribution >= 0.6 is 11.8 Å². The molecule has 2 unspecified atom stereocenters. The Hall–Kier alpha value is -3.04. The van der Waals surface area contributed by atoms with Crippen LogP contribution in [0.5, 0.6) is 0 Å². The number of rotatable bonds is 12. The molecule has 0 aromatic heterocycles. The van der Waals surface area contributed by atoms with Gasteiger partial charge < -0.3 is 25.4 Å². The predicted octanol–water partition coefficient (Wildman–Crippen LogP) is 3.82. The highest BCUT2D eigenvalue weighted by Gasteiger charge is 2.36. The molecule has 0 heterocycles. The van der Waals surface area contributed by atoms with Gasteiger partial charge in [0.25, 0.3) is 0 Å². The lowest BCUT2D eigenvalue weighted by Gasteiger charge is -2.34. The Morgan fingerprint density at radius 1 is 1.05 bits per heavy atom. The monoisotopic (exact) mass is 529 g/mol. The molecular formula is C28H39N3O5S. The highest BCUT2D eigenvalue weighted by atomic mass is 32.2. The topological polar surface area (TPSA) is 108 Å². The predicted molar refractivity (Wildman–Crippen MR) is 147 cm³/mol. The number of ether oxygens (including phenoxy) is 1. The van der Waals surface area contributed by atoms with Crippen LogP contribution < -0.4 is 10.6 Å². The minimum atomic E-state index is -0.998. The van der Waals surface area contributed by atoms with E-state index in [-0.39, 0.29) is 25.6 Å². The molecule has 2 aromatic rings. The molecular weight excluding hydrogens is 490 g/mol. The van der Waals surface area contributed by atoms with Crippen molar-refractivity contribution in [2.24, 2.45) is 0 Å². The van der Waals surface area contributed by atoms with Crippen molar-refractivity contribution in [1.29, 1.82) is 0 Å². The summed E-state index contributed by atoms with van der Waals surface area (Å²) in [6.07, 6.45) is 1.54. The number of thioether (sulfide) groups is 1. The van der Waals surface area contributed by atoms with E-state index in [9.17, 15) is 19.5 Å². The van der Waals surface area contributed by atoms with Gasteiger partial charge in [0, 0.05) is 13.1 Å². The lowest BCUT2D eigenvalue weighted by molar-refractivity contribution is -0.143. The molecule has 202 valence electrons. The standard InChI is InChI=1S/C28H39N3O5S/c1-20-11-9-10-14-22(20)24(25(33)29-19-21-12-7-6-8-13-21)31(16-17-32)26(34)23(15-18-37-5)30-27(35)36-28(2,3)4/h6-14,23-24,32H,15-19H2,1-5H3,(H,29,33)(H,30,35). The normalized spacial score (nSPS) is 12.8. The van der Waals surface area contributed by atoms with Crippen molar-refractivity contribution in [2.45, 2.75) is 58.3 Å². The van der Waals surface area contributed by atoms with Gasteiger partial charge in [0.1, 0.15) is 17.7 Å². The molecule has 0 aliphatic heterocycles. The quantitative estimate of drug-likeness (QED) is 0.386. The van der Waals surface area contributed by atoms with Gasteiger partial charge in [0.2, 0.25) is 11.8 Å². The number of carbonyl (C=O) groups is 3. The van der Waals surface area contributed by atoms with E-state index in [0.29, 0.717) is 17.7 Å². The fourth-order valence-corrected chi connectivity index (χ4v) is 4.31. The summed E-state index contributed by atoms with van der Waals surface area (Å²) in [6.45, 7) is 6.97. The number of amides is 3. The largest absolute Gasteiger partial charge is 0.444 e. The van der Waals surface area contributed by atoms with Crippen LogP contribution in [0.3, 0.4) is 0 Å². The average molecular weight is 530 g/mol. The van der Waals surface area contributed by atoms with Gasteiger partial charge in [-0.1, -0.05) is 54.6 Å². The summed E-state index contributed by atoms with van der Waals surface area (Å²) < 4.78 is 5.38. The number of hydrogen-bond donors (Lipinski definition) is 3. The van der Waals surface area contributed by atoms with Crippen LogP contribution in [-0.4, -0.2) is 64.7 Å². The van der Waals surface area contributed by atoms with Gasteiger partial charge in [-0.05, 0) is 62.8 Å². The molecule has 0 saturated heterocycles. The first-order chi connectivity index (χ1) is 17.6. The van der Waals surface area contributed by atoms with E-state index in [1.165, 1.54) is 4.90 Å². The number of aliphatic hydroxyl groups is 1. The van der Waals surface area contributed by atoms with Gasteiger partial charge in [-0.2, -0.15) is 11.8 Å². The van der Waals surface area contributed by atoms with Gasteiger partial charge in [-0.3, -0.25) is 9.59 Å². The zero-order valence-corrected chi connectivity index (χ0v) is 23.1. The summed E-state index contributed by atoms with van der Waals surface area (Å²) in [4.78, 5) is 41.5. The van der Waals surface area contributed by atoms with E-state index in [1.54, 1.807) is 38.6 Å². The number of alkyl carbamates (subject to hydrolysis) is 1. The maximum atomic E-state index is 13.9. The van der Waals surface area contributed by atoms with E-state index in [2.05, 4.69) is 10.6 Å². The summed E-state index contributed by atoms with van der Waals surface area (Å²) in [6, 6.07) is 14.9. The molecule has 0 fully saturated rings. The van der Waals surface area contributed by atoms with E-state index < -0.39 is 29.7 Å². The first kappa shape index (κ1) is 30.2. The fourth-order valence-electron chi connectivity index (χ4n) is 3.84. The Bertz CT molecular complexity index is 1030. The van der Waals surface area contributed by atoms with Gasteiger partial charge >= 0.3 is 6.09 Å². The summed E-state index contributed by atoms with van der Waals surface area (Å²) >= 11 is 1.54. The Labute approximate surface area is 224 Å². The number of nitrogens with zero attached hydrogens (tertiary/aromatic N) is 1. The van der Waals surface area contributed by atoms with Crippen molar-refractivity contribution in [3.05, 3.63) is 71.3 Å². The molecule has 2 rings (SSSR count). The van der Waals surface area contributed by atoms with Crippen molar-refractivity contribution in [3.8, 4) is 0 Å². The molecule has 37 heavy (non-hydrogen) atoms. The number of aryl methyl sites for hydroxylation is 1. The van der Waals surface area contributed by atoms with Crippen LogP contribution in [-0.2, 0) is 20.9 Å². The smallest absolute Gasteiger partial charge is 0.408 e. The Kier molecular flexibility index (Phi) is 11.9. The zero-order valence-electron chi connectivity index (χ0n) is 22.3. The summed E-state index contributed by atoms with van der Waals surface area (Å²) in [5.74, 6) is -0.230. The maximum absolute atomic E-state index is 13.9. The van der Waals surface area contributed by atoms with E-state index in [1.807, 2.05) is 61.7 Å². The Morgan fingerprint density at radius 3 is 2.30 bits per heavy atom. The molecule has 9 heteroatoms. The molecule has 3 N–H and O–H groups in total. The fraction of sp³-hybridized carbons (Fsp3) is 0.464. The third-order valence-corrected chi connectivity index (χ3v) is 6.22. The lowest BCUT2D eigenvalue weighted by Crippen LogP contribution is -2.54. The van der Waals surface area contributed by atoms with Crippen LogP contribution in [0, 0.1) is 6.92 Å². The number of nitrogens with one attached hydrogen (secondary N) is 2. The molecule has 2 atom stereocenters. The molecule has 0 saturated carbocycles. The van der Waals surface area contributed by atoms with Crippen LogP contribution in [0.25, 0.3) is 0 Å². The van der Waals surface area contributed by atoms with E-state index in [4.69, 9.17) is 4.74 Å². The summed E-state index contributed by atoms with van der Waals surface area (Å²) in [5, 5.41) is 15.5. The van der Waals surface area contributed by atoms with Crippen molar-refractivity contribution in [3.63, 3.8) is 0 Å². The molecule has 0 spiro atoms. The van der Waals surface area contributed by atoms with Crippen molar-refractivity contribution in [1.82, 2.24) is 15.5 Å². The second kappa shape index (κ2) is 14.6. The van der Waals surface area contributed by atoms with Gasteiger partial charge in [0.05, 0.1) is 6.61 Å². The molecule has 8 nitrogen and oxygen atoms in total. The van der Waals surface area contributed by atoms with Crippen molar-refractivity contribution >= 4 is 29.7 Å². The van der Waals surface area contributed by atoms with Crippen molar-refractivity contribution in [2.75, 3.05) is 25.2 Å². The maximum Gasteiger partial charge on any atom is 0.408 e. The molecule has 0 radical (unpaired) electrons. The van der Waals surface area contributed by atoms with Crippen LogP contribution in [0.4, 0.5) is 4.79 Å². The summed E-state index contributed by atoms with van der Waals surface area (Å²) in [5.41, 5.74) is 1.67. The third-order valence-electron chi connectivity index (χ3n) is 5.58. The van der Waals surface area contributed by atoms with Crippen LogP contribution in [0.2, 0.25) is 0 Å². The average Bonchev–Trinajstić information content (AvgIpc) is 2.85. The Morgan fingerprint density at radius 2 is 1.70 bits per heavy atom. The van der Waals surface area contributed by atoms with Gasteiger partial charge in [-0.15, -0.1) is 0 Å². The number of aliphatic hydroxyl groups excluding tert-OH is 1. The minimum Gasteiger partial charge on any atom is -0.444 e. The number of benzene rings is 2. The highest BCUT2D eigenvalue weighted by molar-refractivity contribution is 7.98. The molecule has 3 amide bonds. The first-order valence-corrected chi connectivity index (χ1v) is 13.7. The summed E-state index contributed by atoms with van der Waals surface area (Å²) in [7, 11) is 0. The highest BCUT2D eigenvalue weighted by Crippen LogP contribution is 2.26. The zero-order chi connectivity index (χ0) is 27.4. The Balaban J connectivity index is 2.41. The van der Waals surface area contributed by atoms with Gasteiger partial charge in [0.15, 0.2) is 0 Å². The number of carbonyl (C=O) groups excluding carboxylic acids is 3. The molecule has 0 aliphatic rings. The van der Waals surface area contributed by atoms with Crippen LogP contribution in [0.15, 0.2) is 54.6 Å². The van der Waals surface area contributed by atoms with E-state index >= 15 is 0 Å². The molecule has 0 bridgehead atoms. The molecule has 0 aliphatic carbocycles. The van der Waals surface area contributed by atoms with Crippen LogP contribution in [0.1, 0.15) is 49.9 Å². The SMILES string of the molecule is CSCCC(NC(=O)OC(C)(C)C)C(=O)N(CCO)C(C(=O)NCc1ccccc1)c1ccccc1C. The molecule has 2 aromatic carbocycles. The number of hydrogen-bond acceptors (Lipinski definition) is 6. The second-order valence-corrected chi connectivity index (χ2v) is 10.7. The van der Waals surface area contributed by atoms with Crippen molar-refractivity contribution < 1.29 is 24.2 Å². The van der Waals surface area contributed by atoms with E-state index in [0.717, 1.165) is 11.1 Å². The third kappa shape index (κ3) is 9.74.